The van der Waals surface area contributed by atoms with Crippen molar-refractivity contribution in [2.45, 2.75) is 102 Å². The molecule has 0 bridgehead atoms. The van der Waals surface area contributed by atoms with Crippen molar-refractivity contribution in [3.05, 3.63) is 29.7 Å². The van der Waals surface area contributed by atoms with E-state index in [4.69, 9.17) is 0 Å². The van der Waals surface area contributed by atoms with E-state index in [9.17, 15) is 0 Å². The molecule has 2 aliphatic carbocycles. The van der Waals surface area contributed by atoms with Crippen molar-refractivity contribution in [1.29, 1.82) is 0 Å². The monoisotopic (exact) mass is 520 g/mol. The maximum atomic E-state index is 2.74. The number of hydrogen-bond acceptors (Lipinski definition) is 0. The Balaban J connectivity index is -0.000000400. The van der Waals surface area contributed by atoms with Crippen molar-refractivity contribution in [3.63, 3.8) is 0 Å². The van der Waals surface area contributed by atoms with Crippen LogP contribution >= 0.6 is 0 Å². The largest absolute Gasteiger partial charge is 4.00 e. The van der Waals surface area contributed by atoms with Crippen LogP contribution in [0.2, 0.25) is 24.2 Å². The van der Waals surface area contributed by atoms with Gasteiger partial charge in [0, 0.05) is 0 Å². The molecule has 2 aliphatic rings. The molecule has 2 fully saturated rings. The zero-order valence-corrected chi connectivity index (χ0v) is 23.0. The van der Waals surface area contributed by atoms with Gasteiger partial charge in [0.1, 0.15) is 0 Å². The van der Waals surface area contributed by atoms with Gasteiger partial charge in [-0.2, -0.15) is 0 Å². The van der Waals surface area contributed by atoms with Crippen LogP contribution in [-0.4, -0.2) is 8.07 Å². The molecule has 0 saturated heterocycles. The molecule has 0 N–H and O–H groups in total. The molecule has 2 saturated carbocycles. The van der Waals surface area contributed by atoms with Crippen LogP contribution in [-0.2, 0) is 25.8 Å². The fourth-order valence-corrected chi connectivity index (χ4v) is 9.55. The fraction of sp³-hybridized carbons (Fsp3) is 0.818. The minimum Gasteiger partial charge on any atom is -0.358 e. The second kappa shape index (κ2) is 15.2. The normalized spacial score (nSPS) is 28.5. The molecule has 144 valence electrons. The van der Waals surface area contributed by atoms with Crippen molar-refractivity contribution in [3.8, 4) is 0 Å². The maximum Gasteiger partial charge on any atom is 4.00 e. The van der Waals surface area contributed by atoms with Gasteiger partial charge in [0.15, 0.2) is 0 Å². The third-order valence-corrected chi connectivity index (χ3v) is 11.8. The van der Waals surface area contributed by atoms with E-state index in [0.717, 1.165) is 22.9 Å². The summed E-state index contributed by atoms with van der Waals surface area (Å²) in [5, 5.41) is 0. The number of hydrogen-bond donors (Lipinski definition) is 0. The second-order valence-corrected chi connectivity index (χ2v) is 13.4. The third kappa shape index (κ3) is 8.19. The molecule has 0 spiro atoms. The molecule has 4 atom stereocenters. The molecule has 24 heavy (non-hydrogen) atoms. The zero-order valence-electron chi connectivity index (χ0n) is 18.4. The molecule has 0 aromatic heterocycles. The number of rotatable bonds is 6. The molecule has 0 heterocycles. The van der Waals surface area contributed by atoms with Gasteiger partial charge in [0.2, 0.25) is 0 Å². The van der Waals surface area contributed by atoms with Crippen molar-refractivity contribution in [2.24, 2.45) is 11.8 Å². The molecule has 0 aromatic rings. The van der Waals surface area contributed by atoms with E-state index in [1.165, 1.54) is 25.7 Å². The Morgan fingerprint density at radius 3 is 1.29 bits per heavy atom. The third-order valence-electron chi connectivity index (χ3n) is 6.58. The van der Waals surface area contributed by atoms with E-state index in [1.54, 1.807) is 38.5 Å². The average Bonchev–Trinajstić information content (AvgIpc) is 2.99. The first-order chi connectivity index (χ1) is 9.07. The van der Waals surface area contributed by atoms with E-state index >= 15 is 0 Å². The van der Waals surface area contributed by atoms with Gasteiger partial charge < -0.3 is 29.7 Å². The summed E-state index contributed by atoms with van der Waals surface area (Å²) in [6.45, 7) is 10.2. The summed E-state index contributed by atoms with van der Waals surface area (Å²) >= 11 is 0. The Morgan fingerprint density at radius 2 is 1.00 bits per heavy atom. The van der Waals surface area contributed by atoms with Gasteiger partial charge in [0.05, 0.1) is 8.07 Å². The average molecular weight is 519 g/mol. The smallest absolute Gasteiger partial charge is 0.358 e. The molecule has 2 heteroatoms. The minimum atomic E-state index is -0.979. The first kappa shape index (κ1) is 32.7. The summed E-state index contributed by atoms with van der Waals surface area (Å²) in [6.07, 6.45) is 15.3. The molecule has 2 rings (SSSR count). The maximum absolute atomic E-state index is 2.74. The van der Waals surface area contributed by atoms with Gasteiger partial charge in [-0.25, -0.2) is 0 Å². The van der Waals surface area contributed by atoms with Crippen LogP contribution in [0.3, 0.4) is 0 Å². The first-order valence-corrected chi connectivity index (χ1v) is 12.2. The van der Waals surface area contributed by atoms with Gasteiger partial charge in [-0.15, -0.1) is 0 Å². The Hall–Kier alpha value is 1.09. The standard InChI is InChI=1S/C18H36Si.4CH3.Hf/c1-5-7-15-9-11-17(13-15)19(3,4)18-12-10-16(14-18)8-6-2;;;;;/h15-18H,5-14H2,1-4H3;4*1H3;/q;4*-1;+4. The van der Waals surface area contributed by atoms with Crippen LogP contribution in [0.5, 0.6) is 0 Å². The van der Waals surface area contributed by atoms with Crippen LogP contribution < -0.4 is 0 Å². The van der Waals surface area contributed by atoms with E-state index in [2.05, 4.69) is 26.9 Å². The summed E-state index contributed by atoms with van der Waals surface area (Å²) < 4.78 is 0. The molecule has 0 radical (unpaired) electrons. The van der Waals surface area contributed by atoms with Crippen LogP contribution in [0.15, 0.2) is 0 Å². The van der Waals surface area contributed by atoms with Crippen molar-refractivity contribution < 1.29 is 25.8 Å². The Labute approximate surface area is 177 Å². The molecule has 0 amide bonds. The minimum absolute atomic E-state index is 0. The Bertz CT molecular complexity index is 251. The molecular weight excluding hydrogens is 471 g/mol. The molecule has 0 aromatic carbocycles. The Kier molecular flexibility index (Phi) is 20.7. The molecule has 0 aliphatic heterocycles. The van der Waals surface area contributed by atoms with Crippen molar-refractivity contribution in [2.75, 3.05) is 0 Å². The van der Waals surface area contributed by atoms with Gasteiger partial charge >= 0.3 is 25.8 Å². The summed E-state index contributed by atoms with van der Waals surface area (Å²) in [4.78, 5) is 0. The van der Waals surface area contributed by atoms with E-state index in [0.29, 0.717) is 0 Å². The van der Waals surface area contributed by atoms with E-state index in [-0.39, 0.29) is 55.5 Å². The summed E-state index contributed by atoms with van der Waals surface area (Å²) in [6, 6.07) is 0. The second-order valence-electron chi connectivity index (χ2n) is 8.15. The van der Waals surface area contributed by atoms with Crippen molar-refractivity contribution >= 4 is 8.07 Å². The van der Waals surface area contributed by atoms with Gasteiger partial charge in [-0.1, -0.05) is 78.3 Å². The van der Waals surface area contributed by atoms with Crippen LogP contribution in [0, 0.1) is 41.5 Å². The predicted octanol–water partition coefficient (Wildman–Crippen LogP) is 8.43. The van der Waals surface area contributed by atoms with Crippen LogP contribution in [0.4, 0.5) is 0 Å². The SMILES string of the molecule is CCCC1CCC([Si](C)(C)C2CCC(CCC)C2)C1.[CH3-].[CH3-].[CH3-].[CH3-].[Hf+4]. The fourth-order valence-electron chi connectivity index (χ4n) is 5.18. The van der Waals surface area contributed by atoms with E-state index < -0.39 is 8.07 Å². The zero-order chi connectivity index (χ0) is 13.9. The van der Waals surface area contributed by atoms with Gasteiger partial charge in [-0.05, 0) is 35.8 Å². The van der Waals surface area contributed by atoms with E-state index in [1.807, 2.05) is 0 Å². The topological polar surface area (TPSA) is 0 Å². The van der Waals surface area contributed by atoms with Crippen LogP contribution in [0.1, 0.15) is 78.1 Å². The molecular formula is C22H48HfSi. The van der Waals surface area contributed by atoms with Crippen molar-refractivity contribution in [1.82, 2.24) is 0 Å². The summed E-state index contributed by atoms with van der Waals surface area (Å²) in [5.41, 5.74) is 2.32. The van der Waals surface area contributed by atoms with Gasteiger partial charge in [-0.3, -0.25) is 0 Å². The first-order valence-electron chi connectivity index (χ1n) is 9.07. The van der Waals surface area contributed by atoms with Gasteiger partial charge in [0.25, 0.3) is 0 Å². The molecule has 4 unspecified atom stereocenters. The predicted molar refractivity (Wildman–Crippen MR) is 115 cm³/mol. The Morgan fingerprint density at radius 1 is 0.667 bits per heavy atom. The quantitative estimate of drug-likeness (QED) is 0.244. The molecule has 0 nitrogen and oxygen atoms in total. The summed E-state index contributed by atoms with van der Waals surface area (Å²) in [7, 11) is -0.979. The van der Waals surface area contributed by atoms with Crippen LogP contribution in [0.25, 0.3) is 0 Å². The summed E-state index contributed by atoms with van der Waals surface area (Å²) in [5.74, 6) is 2.18.